The average Bonchev–Trinajstić information content (AvgIpc) is 3.77. The maximum absolute atomic E-state index is 13.8. The van der Waals surface area contributed by atoms with E-state index in [-0.39, 0.29) is 41.7 Å². The molecule has 0 spiro atoms. The molecule has 2 aromatic rings. The van der Waals surface area contributed by atoms with Gasteiger partial charge in [0, 0.05) is 45.3 Å². The van der Waals surface area contributed by atoms with Crippen LogP contribution in [-0.2, 0) is 30.2 Å². The minimum atomic E-state index is -0.962. The van der Waals surface area contributed by atoms with E-state index in [2.05, 4.69) is 10.3 Å². The molecule has 1 aliphatic rings. The first-order valence-electron chi connectivity index (χ1n) is 16.5. The van der Waals surface area contributed by atoms with E-state index in [9.17, 15) is 14.4 Å². The van der Waals surface area contributed by atoms with Gasteiger partial charge in [-0.25, -0.2) is 9.78 Å². The standard InChI is InChI=1S/C35H54N4O6S/c1-10-23(4)29(38(7)33(41)24(5)22(2)3)34(44-9)45-35(42)39-19-14-17-28(39)30(43-8)25(6)31(40)37-27(32-36-18-20-46-32)21-26-15-12-11-13-16-26/h11-13,15-16,18,20,22-25,27-30,34H,10,14,17,19,21H2,1-9H3,(H,37,40)/t23-,24-,25+,27-,28-,29-,30+,34+/m0/s1. The Morgan fingerprint density at radius 1 is 1.07 bits per heavy atom. The zero-order valence-electron chi connectivity index (χ0n) is 29.0. The maximum atomic E-state index is 13.8. The van der Waals surface area contributed by atoms with Gasteiger partial charge in [-0.15, -0.1) is 11.3 Å². The molecule has 0 radical (unpaired) electrons. The number of thiazole rings is 1. The van der Waals surface area contributed by atoms with Gasteiger partial charge in [0.2, 0.25) is 18.1 Å². The fourth-order valence-corrected chi connectivity index (χ4v) is 6.90. The molecule has 3 amide bonds. The van der Waals surface area contributed by atoms with Crippen LogP contribution in [0.3, 0.4) is 0 Å². The van der Waals surface area contributed by atoms with Crippen LogP contribution in [0, 0.1) is 23.7 Å². The minimum absolute atomic E-state index is 0.0116. The molecule has 11 heteroatoms. The summed E-state index contributed by atoms with van der Waals surface area (Å²) in [5.41, 5.74) is 1.10. The van der Waals surface area contributed by atoms with Crippen LogP contribution >= 0.6 is 11.3 Å². The molecular weight excluding hydrogens is 604 g/mol. The van der Waals surface area contributed by atoms with Crippen LogP contribution in [0.2, 0.25) is 0 Å². The highest BCUT2D eigenvalue weighted by molar-refractivity contribution is 7.09. The Labute approximate surface area is 279 Å². The number of likely N-dealkylation sites (tertiary alicyclic amines) is 1. The molecule has 1 aromatic carbocycles. The van der Waals surface area contributed by atoms with E-state index in [1.165, 1.54) is 18.4 Å². The normalized spacial score (nSPS) is 19.5. The first kappa shape index (κ1) is 37.4. The SMILES string of the molecule is CC[C@H](C)[C@@H]([C@H](OC)OC(=O)N1CCC[C@H]1[C@H](OC)[C@@H](C)C(=O)N[C@@H](Cc1ccccc1)c1nccs1)N(C)C(=O)[C@@H](C)C(C)C. The highest BCUT2D eigenvalue weighted by atomic mass is 32.1. The third-order valence-electron chi connectivity index (χ3n) is 9.58. The van der Waals surface area contributed by atoms with Gasteiger partial charge >= 0.3 is 6.09 Å². The van der Waals surface area contributed by atoms with Gasteiger partial charge in [-0.1, -0.05) is 78.3 Å². The highest BCUT2D eigenvalue weighted by Crippen LogP contribution is 2.30. The molecule has 256 valence electrons. The lowest BCUT2D eigenvalue weighted by Gasteiger charge is -2.39. The van der Waals surface area contributed by atoms with E-state index in [1.807, 2.05) is 77.3 Å². The van der Waals surface area contributed by atoms with Gasteiger partial charge in [0.05, 0.1) is 30.1 Å². The number of methoxy groups -OCH3 is 2. The molecule has 1 aliphatic heterocycles. The summed E-state index contributed by atoms with van der Waals surface area (Å²) in [5, 5.41) is 5.94. The van der Waals surface area contributed by atoms with Crippen molar-refractivity contribution in [3.8, 4) is 0 Å². The van der Waals surface area contributed by atoms with Crippen molar-refractivity contribution in [3.05, 3.63) is 52.5 Å². The van der Waals surface area contributed by atoms with E-state index in [4.69, 9.17) is 14.2 Å². The van der Waals surface area contributed by atoms with Crippen LogP contribution < -0.4 is 5.32 Å². The summed E-state index contributed by atoms with van der Waals surface area (Å²) in [7, 11) is 4.83. The lowest BCUT2D eigenvalue weighted by Crippen LogP contribution is -2.54. The minimum Gasteiger partial charge on any atom is -0.417 e. The Morgan fingerprint density at radius 3 is 2.33 bits per heavy atom. The number of amides is 3. The van der Waals surface area contributed by atoms with Crippen LogP contribution in [0.25, 0.3) is 0 Å². The van der Waals surface area contributed by atoms with E-state index in [0.717, 1.165) is 23.4 Å². The number of rotatable bonds is 16. The Hall–Kier alpha value is -3.02. The number of hydrogen-bond acceptors (Lipinski definition) is 8. The van der Waals surface area contributed by atoms with Crippen molar-refractivity contribution in [1.82, 2.24) is 20.1 Å². The van der Waals surface area contributed by atoms with E-state index in [1.54, 1.807) is 30.2 Å². The molecule has 0 aliphatic carbocycles. The molecule has 0 bridgehead atoms. The number of carbonyl (C=O) groups excluding carboxylic acids is 3. The summed E-state index contributed by atoms with van der Waals surface area (Å²) >= 11 is 1.50. The summed E-state index contributed by atoms with van der Waals surface area (Å²) in [5.74, 6) is -0.756. The van der Waals surface area contributed by atoms with Gasteiger partial charge in [-0.05, 0) is 36.7 Å². The van der Waals surface area contributed by atoms with Crippen molar-refractivity contribution < 1.29 is 28.6 Å². The average molecular weight is 659 g/mol. The van der Waals surface area contributed by atoms with Crippen LogP contribution in [0.5, 0.6) is 0 Å². The summed E-state index contributed by atoms with van der Waals surface area (Å²) in [6, 6.07) is 8.87. The summed E-state index contributed by atoms with van der Waals surface area (Å²) in [4.78, 5) is 48.7. The second-order valence-electron chi connectivity index (χ2n) is 12.9. The summed E-state index contributed by atoms with van der Waals surface area (Å²) in [6.45, 7) is 12.3. The third-order valence-corrected chi connectivity index (χ3v) is 10.5. The lowest BCUT2D eigenvalue weighted by molar-refractivity contribution is -0.165. The predicted octanol–water partition coefficient (Wildman–Crippen LogP) is 5.93. The number of benzene rings is 1. The fraction of sp³-hybridized carbons (Fsp3) is 0.657. The number of nitrogens with one attached hydrogen (secondary N) is 1. The number of likely N-dealkylation sites (N-methyl/N-ethyl adjacent to an activating group) is 1. The maximum Gasteiger partial charge on any atom is 0.412 e. The molecule has 1 N–H and O–H groups in total. The van der Waals surface area contributed by atoms with Gasteiger partial charge in [0.25, 0.3) is 0 Å². The van der Waals surface area contributed by atoms with E-state index >= 15 is 0 Å². The third kappa shape index (κ3) is 9.29. The lowest BCUT2D eigenvalue weighted by atomic mass is 9.92. The molecule has 1 aromatic heterocycles. The molecule has 1 saturated heterocycles. The molecule has 10 nitrogen and oxygen atoms in total. The smallest absolute Gasteiger partial charge is 0.412 e. The van der Waals surface area contributed by atoms with E-state index < -0.39 is 30.4 Å². The molecule has 1 fully saturated rings. The first-order chi connectivity index (χ1) is 21.9. The van der Waals surface area contributed by atoms with Crippen molar-refractivity contribution in [2.75, 3.05) is 27.8 Å². The Balaban J connectivity index is 1.75. The van der Waals surface area contributed by atoms with Gasteiger partial charge in [0.15, 0.2) is 0 Å². The largest absolute Gasteiger partial charge is 0.417 e. The van der Waals surface area contributed by atoms with Crippen molar-refractivity contribution in [1.29, 1.82) is 0 Å². The second-order valence-corrected chi connectivity index (χ2v) is 13.8. The van der Waals surface area contributed by atoms with Crippen molar-refractivity contribution >= 4 is 29.2 Å². The first-order valence-corrected chi connectivity index (χ1v) is 17.4. The van der Waals surface area contributed by atoms with Crippen LogP contribution in [-0.4, -0.2) is 85.0 Å². The van der Waals surface area contributed by atoms with Gasteiger partial charge in [-0.3, -0.25) is 9.59 Å². The second kappa shape index (κ2) is 17.8. The molecule has 46 heavy (non-hydrogen) atoms. The highest BCUT2D eigenvalue weighted by Gasteiger charge is 2.43. The number of ether oxygens (including phenoxy) is 3. The van der Waals surface area contributed by atoms with Gasteiger partial charge in [0.1, 0.15) is 5.01 Å². The number of nitrogens with zero attached hydrogens (tertiary/aromatic N) is 3. The summed E-state index contributed by atoms with van der Waals surface area (Å²) < 4.78 is 17.7. The molecule has 0 saturated carbocycles. The predicted molar refractivity (Wildman–Crippen MR) is 180 cm³/mol. The Kier molecular flexibility index (Phi) is 14.5. The molecule has 2 heterocycles. The monoisotopic (exact) mass is 658 g/mol. The van der Waals surface area contributed by atoms with Crippen LogP contribution in [0.15, 0.2) is 41.9 Å². The Bertz CT molecular complexity index is 1230. The zero-order chi connectivity index (χ0) is 34.0. The van der Waals surface area contributed by atoms with Crippen molar-refractivity contribution in [2.24, 2.45) is 23.7 Å². The van der Waals surface area contributed by atoms with Gasteiger partial charge < -0.3 is 29.3 Å². The molecular formula is C35H54N4O6S. The van der Waals surface area contributed by atoms with Gasteiger partial charge in [-0.2, -0.15) is 0 Å². The quantitative estimate of drug-likeness (QED) is 0.223. The van der Waals surface area contributed by atoms with Crippen LogP contribution in [0.4, 0.5) is 4.79 Å². The summed E-state index contributed by atoms with van der Waals surface area (Å²) in [6.07, 6.45) is 2.47. The zero-order valence-corrected chi connectivity index (χ0v) is 29.8. The number of carbonyl (C=O) groups is 3. The molecule has 8 atom stereocenters. The number of hydrogen-bond donors (Lipinski definition) is 1. The van der Waals surface area contributed by atoms with E-state index in [0.29, 0.717) is 19.4 Å². The van der Waals surface area contributed by atoms with Crippen molar-refractivity contribution in [3.63, 3.8) is 0 Å². The fourth-order valence-electron chi connectivity index (χ4n) is 6.22. The van der Waals surface area contributed by atoms with Crippen LogP contribution in [0.1, 0.15) is 77.4 Å². The number of aromatic nitrogens is 1. The van der Waals surface area contributed by atoms with Crippen molar-refractivity contribution in [2.45, 2.75) is 97.7 Å². The molecule has 3 rings (SSSR count). The Morgan fingerprint density at radius 2 is 1.76 bits per heavy atom. The molecule has 0 unspecified atom stereocenters. The topological polar surface area (TPSA) is 110 Å².